The zero-order chi connectivity index (χ0) is 19.1. The molecule has 0 saturated carbocycles. The molecule has 0 saturated heterocycles. The van der Waals surface area contributed by atoms with Gasteiger partial charge in [0.2, 0.25) is 5.91 Å². The molecular formula is C21H24FN3O2. The molecule has 142 valence electrons. The maximum absolute atomic E-state index is 13.5. The summed E-state index contributed by atoms with van der Waals surface area (Å²) in [4.78, 5) is 26.1. The molecule has 2 aromatic rings. The second-order valence-corrected chi connectivity index (χ2v) is 6.66. The Balaban J connectivity index is 1.32. The van der Waals surface area contributed by atoms with Crippen molar-refractivity contribution < 1.29 is 14.0 Å². The lowest BCUT2D eigenvalue weighted by atomic mass is 10.00. The summed E-state index contributed by atoms with van der Waals surface area (Å²) in [5.74, 6) is -1.46. The maximum atomic E-state index is 13.5. The third-order valence-electron chi connectivity index (χ3n) is 4.71. The Morgan fingerprint density at radius 2 is 1.74 bits per heavy atom. The number of carbonyl (C=O) groups excluding carboxylic acids is 2. The standard InChI is InChI=1S/C21H24FN3O2/c22-19-9-4-3-8-18(19)21(27)24-14-20(26)23-11-5-12-25-13-10-16-6-1-2-7-17(16)15-25/h1-4,6-9H,5,10-15H2,(H,23,26)(H,24,27). The molecule has 27 heavy (non-hydrogen) atoms. The average Bonchev–Trinajstić information content (AvgIpc) is 2.69. The Kier molecular flexibility index (Phi) is 6.54. The van der Waals surface area contributed by atoms with Gasteiger partial charge in [0.15, 0.2) is 0 Å². The first-order valence-corrected chi connectivity index (χ1v) is 9.22. The zero-order valence-electron chi connectivity index (χ0n) is 15.2. The van der Waals surface area contributed by atoms with Crippen molar-refractivity contribution in [2.24, 2.45) is 0 Å². The average molecular weight is 369 g/mol. The summed E-state index contributed by atoms with van der Waals surface area (Å²) in [6.45, 7) is 3.28. The Morgan fingerprint density at radius 3 is 2.56 bits per heavy atom. The van der Waals surface area contributed by atoms with Crippen LogP contribution in [0, 0.1) is 5.82 Å². The maximum Gasteiger partial charge on any atom is 0.254 e. The van der Waals surface area contributed by atoms with Crippen LogP contribution in [0.15, 0.2) is 48.5 Å². The van der Waals surface area contributed by atoms with Crippen LogP contribution in [0.1, 0.15) is 27.9 Å². The van der Waals surface area contributed by atoms with Gasteiger partial charge in [-0.2, -0.15) is 0 Å². The smallest absolute Gasteiger partial charge is 0.254 e. The minimum atomic E-state index is -0.599. The number of rotatable bonds is 7. The van der Waals surface area contributed by atoms with Crippen LogP contribution in [0.4, 0.5) is 4.39 Å². The number of nitrogens with one attached hydrogen (secondary N) is 2. The van der Waals surface area contributed by atoms with Crippen molar-refractivity contribution in [1.82, 2.24) is 15.5 Å². The highest BCUT2D eigenvalue weighted by Crippen LogP contribution is 2.18. The van der Waals surface area contributed by atoms with E-state index in [1.807, 2.05) is 0 Å². The van der Waals surface area contributed by atoms with Crippen LogP contribution in [0.3, 0.4) is 0 Å². The van der Waals surface area contributed by atoms with E-state index in [-0.39, 0.29) is 18.0 Å². The first kappa shape index (κ1) is 19.0. The van der Waals surface area contributed by atoms with E-state index in [2.05, 4.69) is 39.8 Å². The van der Waals surface area contributed by atoms with Crippen LogP contribution in [0.5, 0.6) is 0 Å². The van der Waals surface area contributed by atoms with Gasteiger partial charge in [0.1, 0.15) is 5.82 Å². The number of halogens is 1. The molecule has 0 bridgehead atoms. The minimum absolute atomic E-state index is 0.0596. The van der Waals surface area contributed by atoms with Gasteiger partial charge < -0.3 is 10.6 Å². The molecule has 0 aliphatic carbocycles. The largest absolute Gasteiger partial charge is 0.355 e. The first-order chi connectivity index (χ1) is 13.1. The summed E-state index contributed by atoms with van der Waals surface area (Å²) in [5.41, 5.74) is 2.74. The predicted molar refractivity (Wildman–Crippen MR) is 102 cm³/mol. The highest BCUT2D eigenvalue weighted by molar-refractivity contribution is 5.96. The van der Waals surface area contributed by atoms with Crippen molar-refractivity contribution >= 4 is 11.8 Å². The van der Waals surface area contributed by atoms with E-state index in [0.29, 0.717) is 6.54 Å². The fraction of sp³-hybridized carbons (Fsp3) is 0.333. The lowest BCUT2D eigenvalue weighted by molar-refractivity contribution is -0.120. The normalized spacial score (nSPS) is 13.7. The molecule has 0 radical (unpaired) electrons. The molecule has 0 spiro atoms. The molecule has 0 atom stereocenters. The summed E-state index contributed by atoms with van der Waals surface area (Å²) in [6, 6.07) is 14.2. The van der Waals surface area contributed by atoms with Crippen LogP contribution in [0.2, 0.25) is 0 Å². The third-order valence-corrected chi connectivity index (χ3v) is 4.71. The van der Waals surface area contributed by atoms with Crippen LogP contribution in [0.25, 0.3) is 0 Å². The van der Waals surface area contributed by atoms with E-state index in [0.717, 1.165) is 32.5 Å². The fourth-order valence-electron chi connectivity index (χ4n) is 3.24. The SMILES string of the molecule is O=C(CNC(=O)c1ccccc1F)NCCCN1CCc2ccccc2C1. The fourth-order valence-corrected chi connectivity index (χ4v) is 3.24. The molecule has 2 N–H and O–H groups in total. The van der Waals surface area contributed by atoms with Gasteiger partial charge in [0.25, 0.3) is 5.91 Å². The Bertz CT molecular complexity index is 810. The monoisotopic (exact) mass is 369 g/mol. The van der Waals surface area contributed by atoms with Crippen molar-refractivity contribution in [1.29, 1.82) is 0 Å². The summed E-state index contributed by atoms with van der Waals surface area (Å²) in [5, 5.41) is 5.23. The van der Waals surface area contributed by atoms with Gasteiger partial charge in [-0.25, -0.2) is 4.39 Å². The molecule has 2 aromatic carbocycles. The second kappa shape index (κ2) is 9.28. The second-order valence-electron chi connectivity index (χ2n) is 6.66. The van der Waals surface area contributed by atoms with E-state index < -0.39 is 11.7 Å². The van der Waals surface area contributed by atoms with E-state index in [9.17, 15) is 14.0 Å². The molecular weight excluding hydrogens is 345 g/mol. The van der Waals surface area contributed by atoms with E-state index in [1.165, 1.54) is 29.3 Å². The molecule has 3 rings (SSSR count). The third kappa shape index (κ3) is 5.37. The number of fused-ring (bicyclic) bond motifs is 1. The van der Waals surface area contributed by atoms with Gasteiger partial charge >= 0.3 is 0 Å². The molecule has 6 heteroatoms. The van der Waals surface area contributed by atoms with Crippen molar-refractivity contribution in [2.75, 3.05) is 26.2 Å². The first-order valence-electron chi connectivity index (χ1n) is 9.22. The van der Waals surface area contributed by atoms with Gasteiger partial charge in [-0.3, -0.25) is 14.5 Å². The van der Waals surface area contributed by atoms with E-state index in [4.69, 9.17) is 0 Å². The number of carbonyl (C=O) groups is 2. The number of nitrogens with zero attached hydrogens (tertiary/aromatic N) is 1. The number of hydrogen-bond acceptors (Lipinski definition) is 3. The van der Waals surface area contributed by atoms with Crippen molar-refractivity contribution in [3.63, 3.8) is 0 Å². The van der Waals surface area contributed by atoms with Crippen LogP contribution in [-0.2, 0) is 17.8 Å². The molecule has 0 fully saturated rings. The molecule has 1 aliphatic heterocycles. The molecule has 1 heterocycles. The predicted octanol–water partition coefficient (Wildman–Crippen LogP) is 2.12. The van der Waals surface area contributed by atoms with E-state index in [1.54, 1.807) is 6.07 Å². The molecule has 5 nitrogen and oxygen atoms in total. The Morgan fingerprint density at radius 1 is 1.00 bits per heavy atom. The lowest BCUT2D eigenvalue weighted by Crippen LogP contribution is -2.38. The molecule has 0 unspecified atom stereocenters. The van der Waals surface area contributed by atoms with Gasteiger partial charge in [-0.15, -0.1) is 0 Å². The minimum Gasteiger partial charge on any atom is -0.355 e. The molecule has 2 amide bonds. The summed E-state index contributed by atoms with van der Waals surface area (Å²) >= 11 is 0. The van der Waals surface area contributed by atoms with Crippen LogP contribution in [-0.4, -0.2) is 42.9 Å². The Labute approximate surface area is 158 Å². The quantitative estimate of drug-likeness (QED) is 0.735. The highest BCUT2D eigenvalue weighted by Gasteiger charge is 2.15. The van der Waals surface area contributed by atoms with E-state index >= 15 is 0 Å². The van der Waals surface area contributed by atoms with Gasteiger partial charge in [0, 0.05) is 26.2 Å². The topological polar surface area (TPSA) is 61.4 Å². The summed E-state index contributed by atoms with van der Waals surface area (Å²) in [6.07, 6.45) is 1.90. The molecule has 0 aromatic heterocycles. The van der Waals surface area contributed by atoms with Crippen molar-refractivity contribution in [2.45, 2.75) is 19.4 Å². The van der Waals surface area contributed by atoms with Gasteiger partial charge in [-0.1, -0.05) is 36.4 Å². The summed E-state index contributed by atoms with van der Waals surface area (Å²) in [7, 11) is 0. The van der Waals surface area contributed by atoms with Crippen molar-refractivity contribution in [3.8, 4) is 0 Å². The van der Waals surface area contributed by atoms with Crippen LogP contribution >= 0.6 is 0 Å². The lowest BCUT2D eigenvalue weighted by Gasteiger charge is -2.28. The van der Waals surface area contributed by atoms with Gasteiger partial charge in [0.05, 0.1) is 12.1 Å². The van der Waals surface area contributed by atoms with Crippen LogP contribution < -0.4 is 10.6 Å². The zero-order valence-corrected chi connectivity index (χ0v) is 15.2. The molecule has 1 aliphatic rings. The number of hydrogen-bond donors (Lipinski definition) is 2. The number of benzene rings is 2. The van der Waals surface area contributed by atoms with Gasteiger partial charge in [-0.05, 0) is 36.1 Å². The highest BCUT2D eigenvalue weighted by atomic mass is 19.1. The van der Waals surface area contributed by atoms with Crippen molar-refractivity contribution in [3.05, 3.63) is 71.0 Å². The Hall–Kier alpha value is -2.73. The number of amides is 2. The summed E-state index contributed by atoms with van der Waals surface area (Å²) < 4.78 is 13.5.